The standard InChI is InChI=1S/C16H18N2O4.CH5N/c19-8-7-18-15(21)11-1-2-14-12(9-11)13(20)10-16(22-14)3-5-17-6-4-16;1-2/h1-2,8-9,17H,3-7,10H2,(H,18,21);2H2,1H3. The summed E-state index contributed by atoms with van der Waals surface area (Å²) in [5, 5.41) is 5.73. The summed E-state index contributed by atoms with van der Waals surface area (Å²) >= 11 is 0. The van der Waals surface area contributed by atoms with Crippen LogP contribution in [0, 0.1) is 0 Å². The molecule has 1 aromatic rings. The molecule has 7 nitrogen and oxygen atoms in total. The van der Waals surface area contributed by atoms with Gasteiger partial charge >= 0.3 is 0 Å². The summed E-state index contributed by atoms with van der Waals surface area (Å²) in [6.45, 7) is 1.64. The molecule has 0 saturated carbocycles. The third kappa shape index (κ3) is 3.80. The second-order valence-electron chi connectivity index (χ2n) is 5.72. The van der Waals surface area contributed by atoms with Crippen LogP contribution in [0.25, 0.3) is 0 Å². The summed E-state index contributed by atoms with van der Waals surface area (Å²) in [7, 11) is 1.50. The first-order valence-electron chi connectivity index (χ1n) is 8.00. The Bertz CT molecular complexity index is 624. The minimum absolute atomic E-state index is 0.00758. The van der Waals surface area contributed by atoms with Crippen LogP contribution >= 0.6 is 0 Å². The molecule has 0 unspecified atom stereocenters. The molecule has 24 heavy (non-hydrogen) atoms. The van der Waals surface area contributed by atoms with Crippen molar-refractivity contribution in [3.05, 3.63) is 29.3 Å². The van der Waals surface area contributed by atoms with Crippen molar-refractivity contribution in [3.63, 3.8) is 0 Å². The molecule has 130 valence electrons. The van der Waals surface area contributed by atoms with Gasteiger partial charge in [0.1, 0.15) is 17.6 Å². The maximum atomic E-state index is 12.5. The monoisotopic (exact) mass is 333 g/mol. The first kappa shape index (κ1) is 18.1. The molecule has 4 N–H and O–H groups in total. The summed E-state index contributed by atoms with van der Waals surface area (Å²) in [4.78, 5) is 34.6. The fourth-order valence-corrected chi connectivity index (χ4v) is 3.03. The normalized spacial score (nSPS) is 17.8. The van der Waals surface area contributed by atoms with Crippen molar-refractivity contribution in [1.82, 2.24) is 10.6 Å². The molecule has 2 heterocycles. The van der Waals surface area contributed by atoms with E-state index in [2.05, 4.69) is 16.4 Å². The lowest BCUT2D eigenvalue weighted by molar-refractivity contribution is -0.107. The van der Waals surface area contributed by atoms with Gasteiger partial charge in [0.05, 0.1) is 18.5 Å². The van der Waals surface area contributed by atoms with Gasteiger partial charge in [-0.3, -0.25) is 9.59 Å². The number of fused-ring (bicyclic) bond motifs is 1. The third-order valence-corrected chi connectivity index (χ3v) is 4.21. The van der Waals surface area contributed by atoms with Crippen LogP contribution in [-0.4, -0.2) is 50.3 Å². The fourth-order valence-electron chi connectivity index (χ4n) is 3.03. The van der Waals surface area contributed by atoms with Gasteiger partial charge in [-0.15, -0.1) is 0 Å². The van der Waals surface area contributed by atoms with Crippen LogP contribution in [0.15, 0.2) is 18.2 Å². The van der Waals surface area contributed by atoms with Gasteiger partial charge in [-0.05, 0) is 38.3 Å². The van der Waals surface area contributed by atoms with E-state index in [1.54, 1.807) is 18.2 Å². The number of nitrogens with two attached hydrogens (primary N) is 1. The molecule has 1 spiro atoms. The van der Waals surface area contributed by atoms with Gasteiger partial charge in [0.25, 0.3) is 5.91 Å². The maximum absolute atomic E-state index is 12.5. The Morgan fingerprint density at radius 1 is 1.38 bits per heavy atom. The molecular weight excluding hydrogens is 310 g/mol. The minimum atomic E-state index is -0.406. The Hall–Kier alpha value is -2.25. The number of Topliss-reactive ketones (excluding diaryl/α,β-unsaturated/α-hetero) is 1. The smallest absolute Gasteiger partial charge is 0.251 e. The van der Waals surface area contributed by atoms with Gasteiger partial charge in [0.2, 0.25) is 0 Å². The lowest BCUT2D eigenvalue weighted by atomic mass is 9.83. The highest BCUT2D eigenvalue weighted by Gasteiger charge is 2.41. The molecule has 1 fully saturated rings. The lowest BCUT2D eigenvalue weighted by Crippen LogP contribution is -2.49. The highest BCUT2D eigenvalue weighted by molar-refractivity contribution is 6.03. The zero-order valence-corrected chi connectivity index (χ0v) is 13.8. The number of aldehydes is 1. The molecule has 0 radical (unpaired) electrons. The predicted octanol–water partition coefficient (Wildman–Crippen LogP) is 0.278. The first-order chi connectivity index (χ1) is 11.6. The highest BCUT2D eigenvalue weighted by atomic mass is 16.5. The Labute approximate surface area is 140 Å². The fraction of sp³-hybridized carbons (Fsp3) is 0.471. The highest BCUT2D eigenvalue weighted by Crippen LogP contribution is 2.38. The average Bonchev–Trinajstić information content (AvgIpc) is 2.61. The van der Waals surface area contributed by atoms with Gasteiger partial charge in [-0.25, -0.2) is 0 Å². The number of carbonyl (C=O) groups is 3. The topological polar surface area (TPSA) is 111 Å². The molecule has 1 amide bonds. The lowest BCUT2D eigenvalue weighted by Gasteiger charge is -2.40. The minimum Gasteiger partial charge on any atom is -0.486 e. The van der Waals surface area contributed by atoms with E-state index in [0.29, 0.717) is 29.6 Å². The number of carbonyl (C=O) groups excluding carboxylic acids is 3. The van der Waals surface area contributed by atoms with Crippen molar-refractivity contribution in [1.29, 1.82) is 0 Å². The predicted molar refractivity (Wildman–Crippen MR) is 89.4 cm³/mol. The van der Waals surface area contributed by atoms with Gasteiger partial charge in [0, 0.05) is 18.4 Å². The van der Waals surface area contributed by atoms with E-state index >= 15 is 0 Å². The molecule has 0 aromatic heterocycles. The van der Waals surface area contributed by atoms with Crippen LogP contribution < -0.4 is 21.1 Å². The van der Waals surface area contributed by atoms with E-state index in [-0.39, 0.29) is 18.2 Å². The Morgan fingerprint density at radius 2 is 2.08 bits per heavy atom. The second kappa shape index (κ2) is 8.03. The summed E-state index contributed by atoms with van der Waals surface area (Å²) < 4.78 is 6.10. The number of hydrogen-bond donors (Lipinski definition) is 3. The Morgan fingerprint density at radius 3 is 2.75 bits per heavy atom. The summed E-state index contributed by atoms with van der Waals surface area (Å²) in [6, 6.07) is 4.84. The van der Waals surface area contributed by atoms with Crippen molar-refractivity contribution in [2.75, 3.05) is 26.7 Å². The summed E-state index contributed by atoms with van der Waals surface area (Å²) in [5.74, 6) is 0.183. The molecule has 0 atom stereocenters. The van der Waals surface area contributed by atoms with Crippen LogP contribution in [0.2, 0.25) is 0 Å². The van der Waals surface area contributed by atoms with Crippen molar-refractivity contribution < 1.29 is 19.1 Å². The van der Waals surface area contributed by atoms with E-state index in [1.165, 1.54) is 7.05 Å². The van der Waals surface area contributed by atoms with E-state index in [9.17, 15) is 14.4 Å². The quantitative estimate of drug-likeness (QED) is 0.685. The van der Waals surface area contributed by atoms with Crippen LogP contribution in [0.1, 0.15) is 40.0 Å². The summed E-state index contributed by atoms with van der Waals surface area (Å²) in [6.07, 6.45) is 2.58. The number of nitrogens with one attached hydrogen (secondary N) is 2. The summed E-state index contributed by atoms with van der Waals surface area (Å²) in [5.41, 5.74) is 4.90. The van der Waals surface area contributed by atoms with Gasteiger partial charge < -0.3 is 25.9 Å². The second-order valence-corrected chi connectivity index (χ2v) is 5.72. The zero-order valence-electron chi connectivity index (χ0n) is 13.8. The number of benzene rings is 1. The number of hydrogen-bond acceptors (Lipinski definition) is 6. The van der Waals surface area contributed by atoms with E-state index in [0.717, 1.165) is 25.9 Å². The number of rotatable bonds is 3. The molecule has 2 aliphatic rings. The molecule has 2 aliphatic heterocycles. The van der Waals surface area contributed by atoms with E-state index in [4.69, 9.17) is 4.74 Å². The van der Waals surface area contributed by atoms with Crippen molar-refractivity contribution >= 4 is 18.0 Å². The van der Waals surface area contributed by atoms with Crippen molar-refractivity contribution in [2.24, 2.45) is 5.73 Å². The van der Waals surface area contributed by atoms with Crippen LogP contribution in [0.5, 0.6) is 5.75 Å². The van der Waals surface area contributed by atoms with Gasteiger partial charge in [-0.2, -0.15) is 0 Å². The SMILES string of the molecule is CN.O=CCNC(=O)c1ccc2c(c1)C(=O)CC1(CCNCC1)O2. The van der Waals surface area contributed by atoms with Crippen molar-refractivity contribution in [2.45, 2.75) is 24.9 Å². The largest absolute Gasteiger partial charge is 0.486 e. The van der Waals surface area contributed by atoms with E-state index < -0.39 is 5.60 Å². The molecule has 3 rings (SSSR count). The zero-order chi connectivity index (χ0) is 17.6. The third-order valence-electron chi connectivity index (χ3n) is 4.21. The van der Waals surface area contributed by atoms with Crippen LogP contribution in [0.3, 0.4) is 0 Å². The van der Waals surface area contributed by atoms with Gasteiger partial charge in [-0.1, -0.05) is 0 Å². The number of ketones is 1. The van der Waals surface area contributed by atoms with Crippen molar-refractivity contribution in [3.8, 4) is 5.75 Å². The molecule has 1 saturated heterocycles. The molecular formula is C17H23N3O4. The van der Waals surface area contributed by atoms with Gasteiger partial charge in [0.15, 0.2) is 5.78 Å². The molecule has 7 heteroatoms. The van der Waals surface area contributed by atoms with Crippen LogP contribution in [0.4, 0.5) is 0 Å². The molecule has 0 aliphatic carbocycles. The Balaban J connectivity index is 0.00000100. The number of amides is 1. The first-order valence-corrected chi connectivity index (χ1v) is 8.00. The average molecular weight is 333 g/mol. The number of ether oxygens (including phenoxy) is 1. The maximum Gasteiger partial charge on any atom is 0.251 e. The van der Waals surface area contributed by atoms with E-state index in [1.807, 2.05) is 0 Å². The molecule has 1 aromatic carbocycles. The molecule has 0 bridgehead atoms. The Kier molecular flexibility index (Phi) is 6.05. The van der Waals surface area contributed by atoms with Crippen LogP contribution in [-0.2, 0) is 4.79 Å². The number of piperidine rings is 1.